The molecule has 0 bridgehead atoms. The molecule has 21 heavy (non-hydrogen) atoms. The van der Waals surface area contributed by atoms with Gasteiger partial charge in [-0.05, 0) is 50.3 Å². The third-order valence-corrected chi connectivity index (χ3v) is 4.92. The first kappa shape index (κ1) is 15.0. The highest BCUT2D eigenvalue weighted by molar-refractivity contribution is 5.32. The molecule has 3 heteroatoms. The monoisotopic (exact) mass is 288 g/mol. The van der Waals surface area contributed by atoms with E-state index in [9.17, 15) is 5.11 Å². The van der Waals surface area contributed by atoms with Gasteiger partial charge in [-0.1, -0.05) is 24.3 Å². The van der Waals surface area contributed by atoms with E-state index in [2.05, 4.69) is 34.1 Å². The first-order valence-electron chi connectivity index (χ1n) is 8.46. The summed E-state index contributed by atoms with van der Waals surface area (Å²) >= 11 is 0. The molecular weight excluding hydrogens is 260 g/mol. The molecule has 1 aromatic carbocycles. The molecule has 1 heterocycles. The molecule has 2 atom stereocenters. The minimum absolute atomic E-state index is 0.216. The second-order valence-corrected chi connectivity index (χ2v) is 6.65. The van der Waals surface area contributed by atoms with Crippen LogP contribution < -0.4 is 0 Å². The third kappa shape index (κ3) is 3.65. The summed E-state index contributed by atoms with van der Waals surface area (Å²) in [6, 6.07) is 9.61. The molecule has 1 aliphatic carbocycles. The summed E-state index contributed by atoms with van der Waals surface area (Å²) in [5, 5.41) is 9.59. The molecule has 2 aliphatic rings. The van der Waals surface area contributed by atoms with Gasteiger partial charge in [-0.15, -0.1) is 0 Å². The lowest BCUT2D eigenvalue weighted by Gasteiger charge is -2.35. The first-order valence-corrected chi connectivity index (χ1v) is 8.46. The molecule has 1 saturated heterocycles. The van der Waals surface area contributed by atoms with E-state index in [-0.39, 0.29) is 6.10 Å². The Morgan fingerprint density at radius 1 is 1.14 bits per heavy atom. The molecule has 3 rings (SSSR count). The summed E-state index contributed by atoms with van der Waals surface area (Å²) in [5.74, 6) is 0. The van der Waals surface area contributed by atoms with Gasteiger partial charge in [0.15, 0.2) is 0 Å². The smallest absolute Gasteiger partial charge is 0.0639 e. The van der Waals surface area contributed by atoms with Crippen LogP contribution in [0, 0.1) is 0 Å². The molecule has 0 unspecified atom stereocenters. The predicted octanol–water partition coefficient (Wildman–Crippen LogP) is 2.45. The molecule has 116 valence electrons. The molecule has 1 aromatic rings. The lowest BCUT2D eigenvalue weighted by Crippen LogP contribution is -2.37. The number of aliphatic hydroxyl groups is 1. The second-order valence-electron chi connectivity index (χ2n) is 6.65. The lowest BCUT2D eigenvalue weighted by atomic mass is 9.87. The van der Waals surface area contributed by atoms with Crippen molar-refractivity contribution in [2.45, 2.75) is 44.8 Å². The number of β-amino-alcohol motifs (C(OH)–C–C–N with tert-alkyl or cyclic N) is 1. The van der Waals surface area contributed by atoms with Crippen LogP contribution in [0.15, 0.2) is 24.3 Å². The van der Waals surface area contributed by atoms with E-state index >= 15 is 0 Å². The molecule has 0 amide bonds. The fourth-order valence-electron chi connectivity index (χ4n) is 3.97. The van der Waals surface area contributed by atoms with Crippen molar-refractivity contribution in [3.05, 3.63) is 35.4 Å². The number of fused-ring (bicyclic) bond motifs is 1. The van der Waals surface area contributed by atoms with Crippen molar-refractivity contribution < 1.29 is 5.11 Å². The zero-order chi connectivity index (χ0) is 14.7. The van der Waals surface area contributed by atoms with Gasteiger partial charge in [0.2, 0.25) is 0 Å². The van der Waals surface area contributed by atoms with Crippen LogP contribution in [0.5, 0.6) is 0 Å². The molecule has 0 aromatic heterocycles. The maximum atomic E-state index is 9.59. The standard InChI is InChI=1S/C18H28N2O/c1-15(21)14-19-10-5-11-20(13-12-19)18-9-4-7-16-6-2-3-8-17(16)18/h2-3,6,8,15,18,21H,4-5,7,9-14H2,1H3/t15-,18+/m0/s1. The summed E-state index contributed by atoms with van der Waals surface area (Å²) < 4.78 is 0. The number of hydrogen-bond acceptors (Lipinski definition) is 3. The van der Waals surface area contributed by atoms with E-state index in [1.54, 1.807) is 11.1 Å². The van der Waals surface area contributed by atoms with Crippen molar-refractivity contribution in [1.29, 1.82) is 0 Å². The quantitative estimate of drug-likeness (QED) is 0.925. The van der Waals surface area contributed by atoms with Crippen LogP contribution in [0.3, 0.4) is 0 Å². The van der Waals surface area contributed by atoms with Crippen molar-refractivity contribution >= 4 is 0 Å². The van der Waals surface area contributed by atoms with Gasteiger partial charge in [0.25, 0.3) is 0 Å². The van der Waals surface area contributed by atoms with E-state index in [1.165, 1.54) is 32.2 Å². The largest absolute Gasteiger partial charge is 0.392 e. The summed E-state index contributed by atoms with van der Waals surface area (Å²) in [4.78, 5) is 5.10. The molecular formula is C18H28N2O. The molecule has 1 fully saturated rings. The molecule has 0 saturated carbocycles. The number of benzene rings is 1. The maximum absolute atomic E-state index is 9.59. The Labute approximate surface area is 128 Å². The summed E-state index contributed by atoms with van der Waals surface area (Å²) in [7, 11) is 0. The minimum atomic E-state index is -0.216. The summed E-state index contributed by atoms with van der Waals surface area (Å²) in [6.07, 6.45) is 4.86. The van der Waals surface area contributed by atoms with Gasteiger partial charge in [0, 0.05) is 32.2 Å². The topological polar surface area (TPSA) is 26.7 Å². The Morgan fingerprint density at radius 3 is 2.86 bits per heavy atom. The Bertz CT molecular complexity index is 460. The number of aryl methyl sites for hydroxylation is 1. The van der Waals surface area contributed by atoms with Gasteiger partial charge in [0.1, 0.15) is 0 Å². The average Bonchev–Trinajstić information content (AvgIpc) is 2.71. The van der Waals surface area contributed by atoms with Crippen LogP contribution in [-0.4, -0.2) is 53.7 Å². The molecule has 1 N–H and O–H groups in total. The maximum Gasteiger partial charge on any atom is 0.0639 e. The molecule has 3 nitrogen and oxygen atoms in total. The first-order chi connectivity index (χ1) is 10.2. The van der Waals surface area contributed by atoms with E-state index in [0.717, 1.165) is 26.2 Å². The van der Waals surface area contributed by atoms with Crippen LogP contribution >= 0.6 is 0 Å². The van der Waals surface area contributed by atoms with Gasteiger partial charge in [-0.3, -0.25) is 9.80 Å². The van der Waals surface area contributed by atoms with Crippen molar-refractivity contribution in [3.63, 3.8) is 0 Å². The van der Waals surface area contributed by atoms with Crippen LogP contribution in [-0.2, 0) is 6.42 Å². The second kappa shape index (κ2) is 6.91. The number of aliphatic hydroxyl groups excluding tert-OH is 1. The van der Waals surface area contributed by atoms with E-state index < -0.39 is 0 Å². The Balaban J connectivity index is 1.68. The van der Waals surface area contributed by atoms with Crippen LogP contribution in [0.4, 0.5) is 0 Å². The fourth-order valence-corrected chi connectivity index (χ4v) is 3.97. The molecule has 0 radical (unpaired) electrons. The highest BCUT2D eigenvalue weighted by Gasteiger charge is 2.27. The SMILES string of the molecule is C[C@H](O)CN1CCCN([C@@H]2CCCc3ccccc32)CC1. The Hall–Kier alpha value is -0.900. The highest BCUT2D eigenvalue weighted by Crippen LogP contribution is 2.34. The van der Waals surface area contributed by atoms with E-state index in [4.69, 9.17) is 0 Å². The van der Waals surface area contributed by atoms with E-state index in [0.29, 0.717) is 6.04 Å². The summed E-state index contributed by atoms with van der Waals surface area (Å²) in [6.45, 7) is 7.23. The average molecular weight is 288 g/mol. The summed E-state index contributed by atoms with van der Waals surface area (Å²) in [5.41, 5.74) is 3.12. The van der Waals surface area contributed by atoms with Gasteiger partial charge < -0.3 is 5.11 Å². The van der Waals surface area contributed by atoms with E-state index in [1.807, 2.05) is 6.92 Å². The minimum Gasteiger partial charge on any atom is -0.392 e. The Kier molecular flexibility index (Phi) is 4.94. The van der Waals surface area contributed by atoms with Crippen molar-refractivity contribution in [2.75, 3.05) is 32.7 Å². The van der Waals surface area contributed by atoms with Crippen molar-refractivity contribution in [1.82, 2.24) is 9.80 Å². The highest BCUT2D eigenvalue weighted by atomic mass is 16.3. The fraction of sp³-hybridized carbons (Fsp3) is 0.667. The van der Waals surface area contributed by atoms with Crippen LogP contribution in [0.1, 0.15) is 43.4 Å². The normalized spacial score (nSPS) is 26.1. The predicted molar refractivity (Wildman–Crippen MR) is 86.4 cm³/mol. The lowest BCUT2D eigenvalue weighted by molar-refractivity contribution is 0.124. The molecule has 0 spiro atoms. The van der Waals surface area contributed by atoms with Gasteiger partial charge in [-0.2, -0.15) is 0 Å². The zero-order valence-corrected chi connectivity index (χ0v) is 13.2. The Morgan fingerprint density at radius 2 is 2.00 bits per heavy atom. The van der Waals surface area contributed by atoms with Crippen molar-refractivity contribution in [3.8, 4) is 0 Å². The third-order valence-electron chi connectivity index (χ3n) is 4.92. The number of nitrogens with zero attached hydrogens (tertiary/aromatic N) is 2. The van der Waals surface area contributed by atoms with Gasteiger partial charge in [-0.25, -0.2) is 0 Å². The van der Waals surface area contributed by atoms with Crippen molar-refractivity contribution in [2.24, 2.45) is 0 Å². The zero-order valence-electron chi connectivity index (χ0n) is 13.2. The van der Waals surface area contributed by atoms with Crippen LogP contribution in [0.2, 0.25) is 0 Å². The van der Waals surface area contributed by atoms with Crippen LogP contribution in [0.25, 0.3) is 0 Å². The van der Waals surface area contributed by atoms with Gasteiger partial charge >= 0.3 is 0 Å². The number of hydrogen-bond donors (Lipinski definition) is 1. The number of rotatable bonds is 3. The molecule has 1 aliphatic heterocycles. The van der Waals surface area contributed by atoms with Gasteiger partial charge in [0.05, 0.1) is 6.10 Å².